The van der Waals surface area contributed by atoms with Gasteiger partial charge in [-0.3, -0.25) is 4.79 Å². The van der Waals surface area contributed by atoms with Gasteiger partial charge in [-0.15, -0.1) is 0 Å². The van der Waals surface area contributed by atoms with Crippen LogP contribution in [0.15, 0.2) is 45.8 Å². The topological polar surface area (TPSA) is 66.5 Å². The Bertz CT molecular complexity index is 961. The summed E-state index contributed by atoms with van der Waals surface area (Å²) in [7, 11) is -3.82. The number of fused-ring (bicyclic) bond motifs is 1. The van der Waals surface area contributed by atoms with Crippen LogP contribution >= 0.6 is 15.9 Å². The maximum Gasteiger partial charge on any atom is 0.242 e. The Hall–Kier alpha value is -1.77. The molecule has 2 aromatic carbocycles. The maximum atomic E-state index is 13.0. The van der Waals surface area contributed by atoms with E-state index >= 15 is 0 Å². The van der Waals surface area contributed by atoms with Crippen molar-refractivity contribution < 1.29 is 17.6 Å². The molecule has 1 amide bonds. The Balaban J connectivity index is 1.90. The van der Waals surface area contributed by atoms with Gasteiger partial charge in [0.25, 0.3) is 0 Å². The van der Waals surface area contributed by atoms with E-state index in [2.05, 4.69) is 20.7 Å². The number of carbonyl (C=O) groups is 1. The van der Waals surface area contributed by atoms with E-state index in [1.165, 1.54) is 37.3 Å². The van der Waals surface area contributed by atoms with E-state index < -0.39 is 10.0 Å². The van der Waals surface area contributed by atoms with E-state index in [1.54, 1.807) is 11.0 Å². The third kappa shape index (κ3) is 3.67. The molecule has 0 spiro atoms. The van der Waals surface area contributed by atoms with Crippen molar-refractivity contribution in [3.63, 3.8) is 0 Å². The van der Waals surface area contributed by atoms with Gasteiger partial charge in [-0.25, -0.2) is 17.5 Å². The molecule has 1 aliphatic rings. The van der Waals surface area contributed by atoms with Crippen LogP contribution in [-0.2, 0) is 27.8 Å². The number of carbonyl (C=O) groups excluding carboxylic acids is 1. The summed E-state index contributed by atoms with van der Waals surface area (Å²) in [6.45, 7) is 3.43. The number of hydrogen-bond donors (Lipinski definition) is 1. The first-order valence-corrected chi connectivity index (χ1v) is 10.3. The minimum absolute atomic E-state index is 0.0143. The van der Waals surface area contributed by atoms with E-state index in [1.807, 2.05) is 6.92 Å². The fourth-order valence-electron chi connectivity index (χ4n) is 3.16. The molecular formula is C18H18BrFN2O3S. The summed E-state index contributed by atoms with van der Waals surface area (Å²) in [4.78, 5) is 13.6. The zero-order valence-electron chi connectivity index (χ0n) is 14.3. The highest BCUT2D eigenvalue weighted by Gasteiger charge is 2.31. The molecule has 8 heteroatoms. The predicted octanol–water partition coefficient (Wildman–Crippen LogP) is 3.36. The molecule has 1 atom stereocenters. The maximum absolute atomic E-state index is 13.0. The van der Waals surface area contributed by atoms with Crippen molar-refractivity contribution in [1.82, 2.24) is 4.72 Å². The molecule has 1 heterocycles. The molecule has 1 N–H and O–H groups in total. The molecule has 0 saturated carbocycles. The highest BCUT2D eigenvalue weighted by atomic mass is 79.9. The predicted molar refractivity (Wildman–Crippen MR) is 101 cm³/mol. The summed E-state index contributed by atoms with van der Waals surface area (Å²) in [5.74, 6) is -0.502. The Kier molecular flexibility index (Phi) is 5.18. The smallest absolute Gasteiger partial charge is 0.242 e. The minimum atomic E-state index is -3.82. The van der Waals surface area contributed by atoms with Gasteiger partial charge >= 0.3 is 0 Å². The van der Waals surface area contributed by atoms with E-state index in [-0.39, 0.29) is 29.2 Å². The summed E-state index contributed by atoms with van der Waals surface area (Å²) < 4.78 is 41.4. The minimum Gasteiger partial charge on any atom is -0.309 e. The van der Waals surface area contributed by atoms with Gasteiger partial charge in [0.15, 0.2) is 0 Å². The van der Waals surface area contributed by atoms with Gasteiger partial charge in [0.05, 0.1) is 4.90 Å². The first-order chi connectivity index (χ1) is 12.2. The largest absolute Gasteiger partial charge is 0.309 e. The number of nitrogens with zero attached hydrogens (tertiary/aromatic N) is 1. The fraction of sp³-hybridized carbons (Fsp3) is 0.278. The Morgan fingerprint density at radius 3 is 2.58 bits per heavy atom. The standard InChI is InChI=1S/C18H18BrFN2O3S/c1-11-7-14-8-16(19)18(9-17(14)22(11)12(2)23)26(24,25)21-10-13-3-5-15(20)6-4-13/h3-6,8-9,11,21H,7,10H2,1-2H3. The monoisotopic (exact) mass is 440 g/mol. The zero-order valence-corrected chi connectivity index (χ0v) is 16.7. The zero-order chi connectivity index (χ0) is 19.1. The molecule has 0 aliphatic carbocycles. The van der Waals surface area contributed by atoms with Crippen LogP contribution < -0.4 is 9.62 Å². The van der Waals surface area contributed by atoms with E-state index in [0.717, 1.165) is 5.56 Å². The SMILES string of the molecule is CC(=O)N1c2cc(S(=O)(=O)NCc3ccc(F)cc3)c(Br)cc2CC1C. The number of sulfonamides is 1. The lowest BCUT2D eigenvalue weighted by atomic mass is 10.1. The summed E-state index contributed by atoms with van der Waals surface area (Å²) in [6, 6.07) is 8.86. The molecule has 0 radical (unpaired) electrons. The van der Waals surface area contributed by atoms with Crippen molar-refractivity contribution in [2.75, 3.05) is 4.90 Å². The van der Waals surface area contributed by atoms with Crippen LogP contribution in [0, 0.1) is 5.82 Å². The molecule has 0 fully saturated rings. The molecule has 26 heavy (non-hydrogen) atoms. The molecule has 1 unspecified atom stereocenters. The summed E-state index contributed by atoms with van der Waals surface area (Å²) in [5, 5.41) is 0. The molecular weight excluding hydrogens is 423 g/mol. The van der Waals surface area contributed by atoms with Crippen molar-refractivity contribution >= 4 is 37.5 Å². The molecule has 2 aromatic rings. The number of rotatable bonds is 4. The number of benzene rings is 2. The Morgan fingerprint density at radius 1 is 1.31 bits per heavy atom. The number of nitrogens with one attached hydrogen (secondary N) is 1. The molecule has 0 bridgehead atoms. The van der Waals surface area contributed by atoms with Crippen LogP contribution in [0.4, 0.5) is 10.1 Å². The van der Waals surface area contributed by atoms with Crippen LogP contribution in [0.25, 0.3) is 0 Å². The normalized spacial score (nSPS) is 16.6. The van der Waals surface area contributed by atoms with E-state index in [4.69, 9.17) is 0 Å². The molecule has 3 rings (SSSR count). The first-order valence-electron chi connectivity index (χ1n) is 8.05. The van der Waals surface area contributed by atoms with Gasteiger partial charge in [0.1, 0.15) is 5.82 Å². The second-order valence-corrected chi connectivity index (χ2v) is 8.89. The Labute approximate surface area is 160 Å². The highest BCUT2D eigenvalue weighted by Crippen LogP contribution is 2.37. The van der Waals surface area contributed by atoms with Crippen molar-refractivity contribution in [3.05, 3.63) is 57.8 Å². The molecule has 138 valence electrons. The third-order valence-corrected chi connectivity index (χ3v) is 6.72. The molecule has 1 aliphatic heterocycles. The van der Waals surface area contributed by atoms with Gasteiger partial charge in [-0.05, 0) is 64.7 Å². The second-order valence-electron chi connectivity index (χ2n) is 6.30. The summed E-state index contributed by atoms with van der Waals surface area (Å²) >= 11 is 3.33. The van der Waals surface area contributed by atoms with E-state index in [0.29, 0.717) is 22.1 Å². The highest BCUT2D eigenvalue weighted by molar-refractivity contribution is 9.10. The lowest BCUT2D eigenvalue weighted by Crippen LogP contribution is -2.33. The number of amides is 1. The Morgan fingerprint density at radius 2 is 1.96 bits per heavy atom. The first kappa shape index (κ1) is 19.0. The third-order valence-electron chi connectivity index (χ3n) is 4.36. The van der Waals surface area contributed by atoms with E-state index in [9.17, 15) is 17.6 Å². The van der Waals surface area contributed by atoms with Gasteiger partial charge in [0.2, 0.25) is 15.9 Å². The molecule has 0 saturated heterocycles. The quantitative estimate of drug-likeness (QED) is 0.792. The second kappa shape index (κ2) is 7.09. The fourth-order valence-corrected chi connectivity index (χ4v) is 5.29. The van der Waals surface area contributed by atoms with Gasteiger partial charge in [0, 0.05) is 29.7 Å². The van der Waals surface area contributed by atoms with Crippen LogP contribution in [0.1, 0.15) is 25.0 Å². The number of hydrogen-bond acceptors (Lipinski definition) is 3. The van der Waals surface area contributed by atoms with Gasteiger partial charge in [-0.2, -0.15) is 0 Å². The molecule has 0 aromatic heterocycles. The average molecular weight is 441 g/mol. The lowest BCUT2D eigenvalue weighted by molar-refractivity contribution is -0.116. The van der Waals surface area contributed by atoms with Crippen LogP contribution in [0.5, 0.6) is 0 Å². The van der Waals surface area contributed by atoms with Gasteiger partial charge in [-0.1, -0.05) is 12.1 Å². The number of halogens is 2. The summed E-state index contributed by atoms with van der Waals surface area (Å²) in [6.07, 6.45) is 0.677. The summed E-state index contributed by atoms with van der Waals surface area (Å²) in [5.41, 5.74) is 2.19. The van der Waals surface area contributed by atoms with Crippen molar-refractivity contribution in [1.29, 1.82) is 0 Å². The van der Waals surface area contributed by atoms with Crippen molar-refractivity contribution in [3.8, 4) is 0 Å². The average Bonchev–Trinajstić information content (AvgIpc) is 2.88. The van der Waals surface area contributed by atoms with Gasteiger partial charge < -0.3 is 4.90 Å². The van der Waals surface area contributed by atoms with Crippen LogP contribution in [-0.4, -0.2) is 20.4 Å². The van der Waals surface area contributed by atoms with Crippen LogP contribution in [0.2, 0.25) is 0 Å². The van der Waals surface area contributed by atoms with Crippen molar-refractivity contribution in [2.24, 2.45) is 0 Å². The van der Waals surface area contributed by atoms with Crippen molar-refractivity contribution in [2.45, 2.75) is 37.8 Å². The molecule has 5 nitrogen and oxygen atoms in total. The van der Waals surface area contributed by atoms with Crippen LogP contribution in [0.3, 0.4) is 0 Å². The lowest BCUT2D eigenvalue weighted by Gasteiger charge is -2.21. The number of anilines is 1.